The second-order valence-electron chi connectivity index (χ2n) is 6.89. The molecule has 0 aromatic carbocycles. The summed E-state index contributed by atoms with van der Waals surface area (Å²) in [6.45, 7) is 22.5. The second-order valence-corrected chi connectivity index (χ2v) is 6.89. The maximum absolute atomic E-state index is 2.45. The van der Waals surface area contributed by atoms with Gasteiger partial charge in [-0.05, 0) is 0 Å². The Labute approximate surface area is 105 Å². The van der Waals surface area contributed by atoms with Crippen molar-refractivity contribution in [1.82, 2.24) is 0 Å². The van der Waals surface area contributed by atoms with Crippen LogP contribution in [-0.2, 0) is 0 Å². The van der Waals surface area contributed by atoms with E-state index in [1.807, 2.05) is 0 Å². The van der Waals surface area contributed by atoms with Gasteiger partial charge in [0.05, 0.1) is 0 Å². The van der Waals surface area contributed by atoms with Crippen LogP contribution in [0.3, 0.4) is 0 Å². The molecule has 0 aliphatic carbocycles. The lowest BCUT2D eigenvalue weighted by Gasteiger charge is -2.37. The van der Waals surface area contributed by atoms with Crippen molar-refractivity contribution < 1.29 is 0 Å². The summed E-state index contributed by atoms with van der Waals surface area (Å²) in [7, 11) is 0. The van der Waals surface area contributed by atoms with Crippen LogP contribution in [-0.4, -0.2) is 6.71 Å². The predicted octanol–water partition coefficient (Wildman–Crippen LogP) is 5.62. The molecule has 96 valence electrons. The fourth-order valence-electron chi connectivity index (χ4n) is 2.77. The highest BCUT2D eigenvalue weighted by Gasteiger charge is 2.36. The zero-order valence-corrected chi connectivity index (χ0v) is 13.0. The van der Waals surface area contributed by atoms with Crippen LogP contribution in [0.25, 0.3) is 0 Å². The topological polar surface area (TPSA) is 0 Å². The highest BCUT2D eigenvalue weighted by molar-refractivity contribution is 6.63. The number of hydrogen-bond donors (Lipinski definition) is 0. The third-order valence-corrected chi connectivity index (χ3v) is 4.98. The molecule has 0 fully saturated rings. The highest BCUT2D eigenvalue weighted by atomic mass is 14.2. The van der Waals surface area contributed by atoms with Crippen LogP contribution in [0.15, 0.2) is 0 Å². The van der Waals surface area contributed by atoms with E-state index in [0.29, 0.717) is 0 Å². The molecule has 0 spiro atoms. The zero-order valence-electron chi connectivity index (χ0n) is 13.0. The minimum absolute atomic E-state index is 0.799. The fraction of sp³-hybridized carbons (Fsp3) is 1.00. The first-order chi connectivity index (χ1) is 7.20. The summed E-state index contributed by atoms with van der Waals surface area (Å²) in [6.07, 6.45) is 0. The zero-order chi connectivity index (χ0) is 13.0. The lowest BCUT2D eigenvalue weighted by Crippen LogP contribution is -2.35. The molecular formula is C15H33B. The molecule has 0 rings (SSSR count). The summed E-state index contributed by atoms with van der Waals surface area (Å²) in [6, 6.07) is 0. The van der Waals surface area contributed by atoms with Crippen LogP contribution in [0, 0.1) is 17.8 Å². The Kier molecular flexibility index (Phi) is 6.74. The lowest BCUT2D eigenvalue weighted by molar-refractivity contribution is 0.518. The van der Waals surface area contributed by atoms with Crippen LogP contribution in [0.1, 0.15) is 62.3 Å². The SMILES string of the molecule is CC(C)[C@H](C)B([C@@H](C)C(C)C)[C@H](C)C(C)C. The maximum atomic E-state index is 2.45. The molecule has 0 bridgehead atoms. The van der Waals surface area contributed by atoms with E-state index in [2.05, 4.69) is 62.3 Å². The van der Waals surface area contributed by atoms with E-state index in [1.54, 1.807) is 0 Å². The summed E-state index contributed by atoms with van der Waals surface area (Å²) in [5, 5.41) is 0. The monoisotopic (exact) mass is 224 g/mol. The second kappa shape index (κ2) is 6.72. The molecule has 16 heavy (non-hydrogen) atoms. The normalized spacial score (nSPS) is 18.0. The minimum atomic E-state index is 0.799. The molecule has 0 aliphatic rings. The van der Waals surface area contributed by atoms with Crippen molar-refractivity contribution in [3.63, 3.8) is 0 Å². The largest absolute Gasteiger partial charge is 0.149 e. The molecule has 0 radical (unpaired) electrons. The third kappa shape index (κ3) is 4.15. The molecule has 0 unspecified atom stereocenters. The van der Waals surface area contributed by atoms with Gasteiger partial charge in [-0.15, -0.1) is 0 Å². The van der Waals surface area contributed by atoms with Gasteiger partial charge in [0.1, 0.15) is 6.71 Å². The van der Waals surface area contributed by atoms with E-state index in [-0.39, 0.29) is 0 Å². The van der Waals surface area contributed by atoms with Gasteiger partial charge in [0.25, 0.3) is 0 Å². The van der Waals surface area contributed by atoms with Gasteiger partial charge < -0.3 is 0 Å². The number of hydrogen-bond acceptors (Lipinski definition) is 0. The van der Waals surface area contributed by atoms with Crippen LogP contribution < -0.4 is 0 Å². The van der Waals surface area contributed by atoms with E-state index in [1.165, 1.54) is 0 Å². The Hall–Kier alpha value is 0.0649. The maximum Gasteiger partial charge on any atom is 0.149 e. The average Bonchev–Trinajstić information content (AvgIpc) is 2.16. The van der Waals surface area contributed by atoms with Crippen molar-refractivity contribution in [3.05, 3.63) is 0 Å². The highest BCUT2D eigenvalue weighted by Crippen LogP contribution is 2.41. The van der Waals surface area contributed by atoms with E-state index in [9.17, 15) is 0 Å². The van der Waals surface area contributed by atoms with E-state index >= 15 is 0 Å². The first-order valence-corrected chi connectivity index (χ1v) is 7.20. The summed E-state index contributed by atoms with van der Waals surface area (Å²) < 4.78 is 0. The van der Waals surface area contributed by atoms with Gasteiger partial charge in [-0.3, -0.25) is 0 Å². The molecule has 0 nitrogen and oxygen atoms in total. The predicted molar refractivity (Wildman–Crippen MR) is 78.5 cm³/mol. The van der Waals surface area contributed by atoms with Crippen molar-refractivity contribution in [2.75, 3.05) is 0 Å². The van der Waals surface area contributed by atoms with Crippen molar-refractivity contribution in [3.8, 4) is 0 Å². The summed E-state index contributed by atoms with van der Waals surface area (Å²) in [5.41, 5.74) is 0. The summed E-state index contributed by atoms with van der Waals surface area (Å²) >= 11 is 0. The summed E-state index contributed by atoms with van der Waals surface area (Å²) in [5.74, 6) is 4.88. The van der Waals surface area contributed by atoms with Gasteiger partial charge in [-0.1, -0.05) is 97.5 Å². The van der Waals surface area contributed by atoms with Gasteiger partial charge in [0.15, 0.2) is 0 Å². The molecule has 0 N–H and O–H groups in total. The van der Waals surface area contributed by atoms with Gasteiger partial charge in [0, 0.05) is 0 Å². The molecule has 0 heterocycles. The first kappa shape index (κ1) is 16.1. The molecule has 0 aliphatic heterocycles. The Morgan fingerprint density at radius 2 is 0.625 bits per heavy atom. The molecular weight excluding hydrogens is 191 g/mol. The third-order valence-electron chi connectivity index (χ3n) is 4.98. The van der Waals surface area contributed by atoms with E-state index in [0.717, 1.165) is 41.9 Å². The van der Waals surface area contributed by atoms with Crippen LogP contribution in [0.4, 0.5) is 0 Å². The molecule has 0 aromatic rings. The van der Waals surface area contributed by atoms with Crippen LogP contribution in [0.5, 0.6) is 0 Å². The standard InChI is InChI=1S/C15H33B/c1-10(2)13(7)16(14(8)11(3)4)15(9)12(5)6/h10-15H,1-9H3/t13-,14-,15+/m0/s1. The molecule has 0 saturated carbocycles. The smallest absolute Gasteiger partial charge is 0.0688 e. The minimum Gasteiger partial charge on any atom is -0.0688 e. The molecule has 0 saturated heterocycles. The first-order valence-electron chi connectivity index (χ1n) is 7.20. The van der Waals surface area contributed by atoms with Crippen molar-refractivity contribution >= 4 is 6.71 Å². The van der Waals surface area contributed by atoms with Gasteiger partial charge in [0.2, 0.25) is 0 Å². The fourth-order valence-corrected chi connectivity index (χ4v) is 2.77. The Balaban J connectivity index is 4.89. The van der Waals surface area contributed by atoms with Crippen molar-refractivity contribution in [1.29, 1.82) is 0 Å². The summed E-state index contributed by atoms with van der Waals surface area (Å²) in [4.78, 5) is 0. The molecule has 0 aromatic heterocycles. The Morgan fingerprint density at radius 1 is 0.438 bits per heavy atom. The van der Waals surface area contributed by atoms with E-state index < -0.39 is 0 Å². The van der Waals surface area contributed by atoms with Crippen molar-refractivity contribution in [2.45, 2.75) is 79.8 Å². The lowest BCUT2D eigenvalue weighted by atomic mass is 9.25. The average molecular weight is 224 g/mol. The van der Waals surface area contributed by atoms with Crippen LogP contribution in [0.2, 0.25) is 17.5 Å². The van der Waals surface area contributed by atoms with Crippen molar-refractivity contribution in [2.24, 2.45) is 17.8 Å². The Morgan fingerprint density at radius 3 is 0.750 bits per heavy atom. The Bertz CT molecular complexity index is 151. The molecule has 3 atom stereocenters. The quantitative estimate of drug-likeness (QED) is 0.513. The molecule has 0 amide bonds. The number of rotatable bonds is 6. The molecule has 1 heteroatoms. The van der Waals surface area contributed by atoms with Crippen LogP contribution >= 0.6 is 0 Å². The van der Waals surface area contributed by atoms with Gasteiger partial charge in [-0.25, -0.2) is 0 Å². The van der Waals surface area contributed by atoms with Gasteiger partial charge in [-0.2, -0.15) is 0 Å². The van der Waals surface area contributed by atoms with E-state index in [4.69, 9.17) is 0 Å². The van der Waals surface area contributed by atoms with Gasteiger partial charge >= 0.3 is 0 Å².